The Hall–Kier alpha value is -2.54. The van der Waals surface area contributed by atoms with Gasteiger partial charge in [0.1, 0.15) is 5.75 Å². The highest BCUT2D eigenvalue weighted by molar-refractivity contribution is 7.90. The van der Waals surface area contributed by atoms with E-state index in [-0.39, 0.29) is 0 Å². The van der Waals surface area contributed by atoms with E-state index in [9.17, 15) is 8.42 Å². The summed E-state index contributed by atoms with van der Waals surface area (Å²) in [7, 11) is -1.55. The van der Waals surface area contributed by atoms with Crippen molar-refractivity contribution < 1.29 is 13.2 Å². The minimum absolute atomic E-state index is 0.366. The Kier molecular flexibility index (Phi) is 7.45. The van der Waals surface area contributed by atoms with Crippen LogP contribution < -0.4 is 15.4 Å². The second-order valence-corrected chi connectivity index (χ2v) is 8.76. The Morgan fingerprint density at radius 3 is 2.43 bits per heavy atom. The van der Waals surface area contributed by atoms with Gasteiger partial charge < -0.3 is 15.4 Å². The highest BCUT2D eigenvalue weighted by Crippen LogP contribution is 2.18. The van der Waals surface area contributed by atoms with Gasteiger partial charge in [0.05, 0.1) is 18.6 Å². The number of nitrogens with one attached hydrogen (secondary N) is 2. The number of aliphatic imine (C=N–C) groups is 1. The molecule has 7 heteroatoms. The highest BCUT2D eigenvalue weighted by Gasteiger charge is 2.11. The summed E-state index contributed by atoms with van der Waals surface area (Å²) in [5.74, 6) is 1.53. The van der Waals surface area contributed by atoms with Crippen LogP contribution in [0.3, 0.4) is 0 Å². The van der Waals surface area contributed by atoms with Crippen molar-refractivity contribution in [2.75, 3.05) is 19.9 Å². The summed E-state index contributed by atoms with van der Waals surface area (Å²) in [4.78, 5) is 5.00. The van der Waals surface area contributed by atoms with E-state index in [1.165, 1.54) is 6.26 Å². The monoisotopic (exact) mass is 403 g/mol. The van der Waals surface area contributed by atoms with Gasteiger partial charge >= 0.3 is 0 Å². The van der Waals surface area contributed by atoms with E-state index < -0.39 is 9.84 Å². The van der Waals surface area contributed by atoms with Crippen molar-refractivity contribution in [3.63, 3.8) is 0 Å². The molecule has 0 bridgehead atoms. The normalized spacial score (nSPS) is 12.0. The van der Waals surface area contributed by atoms with E-state index in [2.05, 4.69) is 21.7 Å². The third-order valence-corrected chi connectivity index (χ3v) is 5.47. The lowest BCUT2D eigenvalue weighted by atomic mass is 10.1. The number of hydrogen-bond acceptors (Lipinski definition) is 4. The van der Waals surface area contributed by atoms with Crippen molar-refractivity contribution in [2.45, 2.75) is 38.8 Å². The third kappa shape index (κ3) is 6.27. The van der Waals surface area contributed by atoms with Gasteiger partial charge in [-0.15, -0.1) is 0 Å². The zero-order valence-corrected chi connectivity index (χ0v) is 18.0. The van der Waals surface area contributed by atoms with Crippen molar-refractivity contribution in [3.8, 4) is 5.75 Å². The molecule has 0 spiro atoms. The van der Waals surface area contributed by atoms with Crippen molar-refractivity contribution in [3.05, 3.63) is 58.7 Å². The summed E-state index contributed by atoms with van der Waals surface area (Å²) in [6.07, 6.45) is 1.23. The minimum atomic E-state index is -3.21. The number of guanidine groups is 1. The van der Waals surface area contributed by atoms with Crippen LogP contribution in [-0.4, -0.2) is 34.3 Å². The number of benzene rings is 2. The molecule has 0 radical (unpaired) electrons. The highest BCUT2D eigenvalue weighted by atomic mass is 32.2. The number of sulfone groups is 1. The van der Waals surface area contributed by atoms with E-state index in [1.54, 1.807) is 13.2 Å². The lowest BCUT2D eigenvalue weighted by Crippen LogP contribution is -2.36. The second-order valence-electron chi connectivity index (χ2n) is 6.78. The molecule has 152 valence electrons. The summed E-state index contributed by atoms with van der Waals surface area (Å²) in [5, 5.41) is 6.52. The average Bonchev–Trinajstić information content (AvgIpc) is 2.62. The van der Waals surface area contributed by atoms with E-state index >= 15 is 0 Å². The van der Waals surface area contributed by atoms with Gasteiger partial charge in [-0.05, 0) is 61.2 Å². The lowest BCUT2D eigenvalue weighted by Gasteiger charge is -2.13. The zero-order valence-electron chi connectivity index (χ0n) is 17.2. The first-order chi connectivity index (χ1) is 13.2. The molecule has 0 aromatic heterocycles. The fourth-order valence-electron chi connectivity index (χ4n) is 2.97. The molecular weight excluding hydrogens is 374 g/mol. The molecule has 6 nitrogen and oxygen atoms in total. The SMILES string of the molecule is CCNC(=NCc1cc(C)cc(OC)c1)NCc1ccc(S(C)(=O)=O)c(C)c1. The summed E-state index contributed by atoms with van der Waals surface area (Å²) in [6, 6.07) is 11.4. The molecule has 0 atom stereocenters. The Morgan fingerprint density at radius 2 is 1.82 bits per heavy atom. The zero-order chi connectivity index (χ0) is 20.7. The fraction of sp³-hybridized carbons (Fsp3) is 0.381. The summed E-state index contributed by atoms with van der Waals surface area (Å²) < 4.78 is 28.8. The third-order valence-electron chi connectivity index (χ3n) is 4.21. The second kappa shape index (κ2) is 9.59. The smallest absolute Gasteiger partial charge is 0.191 e. The van der Waals surface area contributed by atoms with Gasteiger partial charge in [0, 0.05) is 19.3 Å². The quantitative estimate of drug-likeness (QED) is 0.549. The van der Waals surface area contributed by atoms with Crippen LogP contribution in [-0.2, 0) is 22.9 Å². The first-order valence-corrected chi connectivity index (χ1v) is 11.1. The molecule has 0 fully saturated rings. The Bertz CT molecular complexity index is 953. The Labute approximate surface area is 168 Å². The number of hydrogen-bond donors (Lipinski definition) is 2. The first kappa shape index (κ1) is 21.8. The van der Waals surface area contributed by atoms with Gasteiger partial charge in [-0.3, -0.25) is 0 Å². The van der Waals surface area contributed by atoms with Crippen molar-refractivity contribution in [2.24, 2.45) is 4.99 Å². The molecule has 28 heavy (non-hydrogen) atoms. The largest absolute Gasteiger partial charge is 0.497 e. The maximum Gasteiger partial charge on any atom is 0.191 e. The number of rotatable bonds is 7. The minimum Gasteiger partial charge on any atom is -0.497 e. The van der Waals surface area contributed by atoms with Gasteiger partial charge in [-0.1, -0.05) is 18.2 Å². The van der Waals surface area contributed by atoms with E-state index in [1.807, 2.05) is 45.0 Å². The van der Waals surface area contributed by atoms with Gasteiger partial charge in [-0.2, -0.15) is 0 Å². The van der Waals surface area contributed by atoms with Crippen molar-refractivity contribution in [1.82, 2.24) is 10.6 Å². The number of ether oxygens (including phenoxy) is 1. The molecule has 2 aromatic rings. The lowest BCUT2D eigenvalue weighted by molar-refractivity contribution is 0.414. The topological polar surface area (TPSA) is 79.8 Å². The molecule has 0 aliphatic rings. The van der Waals surface area contributed by atoms with E-state index in [4.69, 9.17) is 4.74 Å². The number of aryl methyl sites for hydroxylation is 2. The average molecular weight is 404 g/mol. The van der Waals surface area contributed by atoms with Gasteiger partial charge in [0.15, 0.2) is 15.8 Å². The summed E-state index contributed by atoms with van der Waals surface area (Å²) >= 11 is 0. The molecule has 2 aromatic carbocycles. The van der Waals surface area contributed by atoms with Crippen LogP contribution >= 0.6 is 0 Å². The molecular formula is C21H29N3O3S. The molecule has 0 heterocycles. The first-order valence-electron chi connectivity index (χ1n) is 9.19. The van der Waals surface area contributed by atoms with Crippen LogP contribution in [0.15, 0.2) is 46.3 Å². The van der Waals surface area contributed by atoms with Crippen molar-refractivity contribution in [1.29, 1.82) is 0 Å². The van der Waals surface area contributed by atoms with Crippen LogP contribution in [0.1, 0.15) is 29.2 Å². The fourth-order valence-corrected chi connectivity index (χ4v) is 3.93. The molecule has 0 saturated heterocycles. The molecule has 0 amide bonds. The van der Waals surface area contributed by atoms with Crippen LogP contribution in [0.4, 0.5) is 0 Å². The van der Waals surface area contributed by atoms with Crippen molar-refractivity contribution >= 4 is 15.8 Å². The van der Waals surface area contributed by atoms with Gasteiger partial charge in [-0.25, -0.2) is 13.4 Å². The van der Waals surface area contributed by atoms with E-state index in [0.717, 1.165) is 34.5 Å². The Morgan fingerprint density at radius 1 is 1.07 bits per heavy atom. The number of nitrogens with zero attached hydrogens (tertiary/aromatic N) is 1. The van der Waals surface area contributed by atoms with Crippen LogP contribution in [0.25, 0.3) is 0 Å². The molecule has 2 rings (SSSR count). The predicted molar refractivity (Wildman–Crippen MR) is 114 cm³/mol. The maximum absolute atomic E-state index is 11.8. The van der Waals surface area contributed by atoms with Crippen LogP contribution in [0.2, 0.25) is 0 Å². The predicted octanol–water partition coefficient (Wildman–Crippen LogP) is 2.97. The Balaban J connectivity index is 2.09. The maximum atomic E-state index is 11.8. The number of methoxy groups -OCH3 is 1. The molecule has 0 unspecified atom stereocenters. The molecule has 2 N–H and O–H groups in total. The van der Waals surface area contributed by atoms with Gasteiger partial charge in [0.2, 0.25) is 0 Å². The molecule has 0 saturated carbocycles. The van der Waals surface area contributed by atoms with E-state index in [0.29, 0.717) is 23.9 Å². The standard InChI is InChI=1S/C21H29N3O3S/c1-6-22-21(24-14-18-9-15(2)10-19(12-18)27-4)23-13-17-7-8-20(16(3)11-17)28(5,25)26/h7-12H,6,13-14H2,1-5H3,(H2,22,23,24). The van der Waals surface area contributed by atoms with Crippen LogP contribution in [0.5, 0.6) is 5.75 Å². The summed E-state index contributed by atoms with van der Waals surface area (Å²) in [6.45, 7) is 7.67. The van der Waals surface area contributed by atoms with Gasteiger partial charge in [0.25, 0.3) is 0 Å². The molecule has 0 aliphatic carbocycles. The van der Waals surface area contributed by atoms with Crippen LogP contribution in [0, 0.1) is 13.8 Å². The summed E-state index contributed by atoms with van der Waals surface area (Å²) in [5.41, 5.74) is 3.94. The molecule has 0 aliphatic heterocycles.